The molecule has 3 aromatic rings. The number of nitrogens with zero attached hydrogens (tertiary/aromatic N) is 3. The van der Waals surface area contributed by atoms with Crippen LogP contribution in [0, 0.1) is 0 Å². The van der Waals surface area contributed by atoms with Crippen molar-refractivity contribution in [3.8, 4) is 17.1 Å². The SMILES string of the molecule is COc1cccc(-c2noc(CNC(=O)c3cccc(S(=O)(=O)N4CCCC4)c3)n2)c1. The Bertz CT molecular complexity index is 1190. The molecule has 0 radical (unpaired) electrons. The largest absolute Gasteiger partial charge is 0.497 e. The Hall–Kier alpha value is -3.24. The number of carbonyl (C=O) groups excluding carboxylic acids is 1. The van der Waals surface area contributed by atoms with Gasteiger partial charge in [0, 0.05) is 24.2 Å². The van der Waals surface area contributed by atoms with Gasteiger partial charge in [0.2, 0.25) is 21.7 Å². The summed E-state index contributed by atoms with van der Waals surface area (Å²) in [7, 11) is -2.02. The normalized spacial score (nSPS) is 14.5. The Morgan fingerprint density at radius 2 is 1.94 bits per heavy atom. The first-order valence-electron chi connectivity index (χ1n) is 9.83. The lowest BCUT2D eigenvalue weighted by atomic mass is 10.2. The number of carbonyl (C=O) groups is 1. The van der Waals surface area contributed by atoms with E-state index in [1.807, 2.05) is 18.2 Å². The smallest absolute Gasteiger partial charge is 0.251 e. The molecule has 0 bridgehead atoms. The summed E-state index contributed by atoms with van der Waals surface area (Å²) < 4.78 is 37.3. The van der Waals surface area contributed by atoms with Gasteiger partial charge in [0.15, 0.2) is 0 Å². The lowest BCUT2D eigenvalue weighted by molar-refractivity contribution is 0.0946. The van der Waals surface area contributed by atoms with Gasteiger partial charge in [-0.15, -0.1) is 0 Å². The minimum Gasteiger partial charge on any atom is -0.497 e. The summed E-state index contributed by atoms with van der Waals surface area (Å²) in [6, 6.07) is 13.2. The van der Waals surface area contributed by atoms with Gasteiger partial charge in [-0.3, -0.25) is 4.79 Å². The number of rotatable bonds is 7. The molecule has 4 rings (SSSR count). The van der Waals surface area contributed by atoms with Crippen molar-refractivity contribution in [3.05, 3.63) is 60.0 Å². The van der Waals surface area contributed by atoms with E-state index in [2.05, 4.69) is 15.5 Å². The Kier molecular flexibility index (Phi) is 6.01. The average molecular weight is 442 g/mol. The molecular formula is C21H22N4O5S. The molecule has 0 spiro atoms. The van der Waals surface area contributed by atoms with Crippen molar-refractivity contribution >= 4 is 15.9 Å². The highest BCUT2D eigenvalue weighted by molar-refractivity contribution is 7.89. The fraction of sp³-hybridized carbons (Fsp3) is 0.286. The Morgan fingerprint density at radius 1 is 1.16 bits per heavy atom. The first kappa shape index (κ1) is 21.0. The van der Waals surface area contributed by atoms with Crippen LogP contribution in [0.5, 0.6) is 5.75 Å². The molecule has 1 aliphatic rings. The minimum atomic E-state index is -3.59. The lowest BCUT2D eigenvalue weighted by Crippen LogP contribution is -2.28. The van der Waals surface area contributed by atoms with Crippen LogP contribution in [0.1, 0.15) is 29.1 Å². The molecule has 1 fully saturated rings. The van der Waals surface area contributed by atoms with E-state index < -0.39 is 15.9 Å². The summed E-state index contributed by atoms with van der Waals surface area (Å²) in [6.07, 6.45) is 1.70. The van der Waals surface area contributed by atoms with Gasteiger partial charge in [-0.25, -0.2) is 8.42 Å². The van der Waals surface area contributed by atoms with Gasteiger partial charge in [-0.2, -0.15) is 9.29 Å². The molecule has 0 atom stereocenters. The highest BCUT2D eigenvalue weighted by Crippen LogP contribution is 2.22. The van der Waals surface area contributed by atoms with E-state index in [1.165, 1.54) is 16.4 Å². The molecule has 1 aliphatic heterocycles. The summed E-state index contributed by atoms with van der Waals surface area (Å²) >= 11 is 0. The van der Waals surface area contributed by atoms with E-state index in [-0.39, 0.29) is 22.9 Å². The van der Waals surface area contributed by atoms with Crippen LogP contribution >= 0.6 is 0 Å². The maximum absolute atomic E-state index is 12.7. The second-order valence-corrected chi connectivity index (χ2v) is 9.00. The summed E-state index contributed by atoms with van der Waals surface area (Å²) in [5, 5.41) is 6.61. The Labute approximate surface area is 180 Å². The van der Waals surface area contributed by atoms with Crippen molar-refractivity contribution in [2.45, 2.75) is 24.3 Å². The number of nitrogens with one attached hydrogen (secondary N) is 1. The zero-order valence-electron chi connectivity index (χ0n) is 16.9. The van der Waals surface area contributed by atoms with Crippen LogP contribution in [0.15, 0.2) is 57.9 Å². The molecule has 0 unspecified atom stereocenters. The molecule has 1 N–H and O–H groups in total. The third-order valence-corrected chi connectivity index (χ3v) is 6.89. The third-order valence-electron chi connectivity index (χ3n) is 5.00. The van der Waals surface area contributed by atoms with Crippen molar-refractivity contribution in [1.82, 2.24) is 19.8 Å². The predicted molar refractivity (Wildman–Crippen MR) is 112 cm³/mol. The molecule has 31 heavy (non-hydrogen) atoms. The van der Waals surface area contributed by atoms with Crippen molar-refractivity contribution < 1.29 is 22.5 Å². The monoisotopic (exact) mass is 442 g/mol. The maximum atomic E-state index is 12.7. The molecule has 1 saturated heterocycles. The number of hydrogen-bond donors (Lipinski definition) is 1. The molecular weight excluding hydrogens is 420 g/mol. The first-order valence-corrected chi connectivity index (χ1v) is 11.3. The summed E-state index contributed by atoms with van der Waals surface area (Å²) in [5.74, 6) is 0.842. The van der Waals surface area contributed by atoms with Crippen LogP contribution in [-0.4, -0.2) is 49.0 Å². The molecule has 2 heterocycles. The van der Waals surface area contributed by atoms with Gasteiger partial charge < -0.3 is 14.6 Å². The van der Waals surface area contributed by atoms with Gasteiger partial charge in [-0.05, 0) is 43.2 Å². The van der Waals surface area contributed by atoms with Crippen molar-refractivity contribution in [2.75, 3.05) is 20.2 Å². The average Bonchev–Trinajstić information content (AvgIpc) is 3.50. The Morgan fingerprint density at radius 3 is 2.71 bits per heavy atom. The van der Waals surface area contributed by atoms with Crippen molar-refractivity contribution in [1.29, 1.82) is 0 Å². The summed E-state index contributed by atoms with van der Waals surface area (Å²) in [5.41, 5.74) is 0.966. The number of hydrogen-bond acceptors (Lipinski definition) is 7. The number of benzene rings is 2. The van der Waals surface area contributed by atoms with Gasteiger partial charge >= 0.3 is 0 Å². The second-order valence-electron chi connectivity index (χ2n) is 7.07. The fourth-order valence-corrected chi connectivity index (χ4v) is 4.90. The van der Waals surface area contributed by atoms with E-state index in [4.69, 9.17) is 9.26 Å². The van der Waals surface area contributed by atoms with E-state index in [0.29, 0.717) is 24.7 Å². The zero-order chi connectivity index (χ0) is 21.8. The molecule has 2 aromatic carbocycles. The quantitative estimate of drug-likeness (QED) is 0.598. The lowest BCUT2D eigenvalue weighted by Gasteiger charge is -2.15. The van der Waals surface area contributed by atoms with Crippen LogP contribution in [-0.2, 0) is 16.6 Å². The van der Waals surface area contributed by atoms with Crippen LogP contribution in [0.25, 0.3) is 11.4 Å². The molecule has 1 amide bonds. The van der Waals surface area contributed by atoms with E-state index in [0.717, 1.165) is 18.4 Å². The van der Waals surface area contributed by atoms with Crippen LogP contribution in [0.4, 0.5) is 0 Å². The van der Waals surface area contributed by atoms with E-state index >= 15 is 0 Å². The van der Waals surface area contributed by atoms with Gasteiger partial charge in [-0.1, -0.05) is 23.4 Å². The van der Waals surface area contributed by atoms with Crippen molar-refractivity contribution in [2.24, 2.45) is 0 Å². The highest BCUT2D eigenvalue weighted by atomic mass is 32.2. The fourth-order valence-electron chi connectivity index (χ4n) is 3.34. The second kappa shape index (κ2) is 8.86. The Balaban J connectivity index is 1.43. The molecule has 0 aliphatic carbocycles. The molecule has 1 aromatic heterocycles. The number of methoxy groups -OCH3 is 1. The first-order chi connectivity index (χ1) is 15.0. The van der Waals surface area contributed by atoms with Gasteiger partial charge in [0.05, 0.1) is 18.6 Å². The standard InChI is InChI=1S/C21H22N4O5S/c1-29-17-8-4-6-15(12-17)20-23-19(30-24-20)14-22-21(26)16-7-5-9-18(13-16)31(27,28)25-10-2-3-11-25/h4-9,12-13H,2-3,10-11,14H2,1H3,(H,22,26). The highest BCUT2D eigenvalue weighted by Gasteiger charge is 2.27. The van der Waals surface area contributed by atoms with E-state index in [1.54, 1.807) is 25.3 Å². The predicted octanol–water partition coefficient (Wildman–Crippen LogP) is 2.46. The molecule has 9 nitrogen and oxygen atoms in total. The maximum Gasteiger partial charge on any atom is 0.251 e. The number of ether oxygens (including phenoxy) is 1. The van der Waals surface area contributed by atoms with Gasteiger partial charge in [0.25, 0.3) is 5.91 Å². The molecule has 162 valence electrons. The summed E-state index contributed by atoms with van der Waals surface area (Å²) in [4.78, 5) is 16.9. The number of sulfonamides is 1. The van der Waals surface area contributed by atoms with Gasteiger partial charge in [0.1, 0.15) is 5.75 Å². The number of amides is 1. The van der Waals surface area contributed by atoms with Crippen LogP contribution < -0.4 is 10.1 Å². The molecule has 0 saturated carbocycles. The van der Waals surface area contributed by atoms with Crippen LogP contribution in [0.2, 0.25) is 0 Å². The van der Waals surface area contributed by atoms with Crippen LogP contribution in [0.3, 0.4) is 0 Å². The topological polar surface area (TPSA) is 115 Å². The minimum absolute atomic E-state index is 0.0128. The van der Waals surface area contributed by atoms with Crippen molar-refractivity contribution in [3.63, 3.8) is 0 Å². The number of aromatic nitrogens is 2. The zero-order valence-corrected chi connectivity index (χ0v) is 17.8. The third kappa shape index (κ3) is 4.59. The molecule has 10 heteroatoms. The summed E-state index contributed by atoms with van der Waals surface area (Å²) in [6.45, 7) is 1.02. The van der Waals surface area contributed by atoms with E-state index in [9.17, 15) is 13.2 Å².